The summed E-state index contributed by atoms with van der Waals surface area (Å²) in [6.07, 6.45) is 2.54. The molecule has 0 fully saturated rings. The van der Waals surface area contributed by atoms with Gasteiger partial charge in [-0.1, -0.05) is 0 Å². The van der Waals surface area contributed by atoms with E-state index in [1.165, 1.54) is 16.9 Å². The molecule has 0 saturated heterocycles. The van der Waals surface area contributed by atoms with Gasteiger partial charge in [0.05, 0.1) is 15.1 Å². The number of aromatic nitrogens is 3. The van der Waals surface area contributed by atoms with Crippen LogP contribution in [0.25, 0.3) is 5.65 Å². The highest BCUT2D eigenvalue weighted by Gasteiger charge is 2.12. The molecule has 2 aromatic heterocycles. The lowest BCUT2D eigenvalue weighted by atomic mass is 10.5. The summed E-state index contributed by atoms with van der Waals surface area (Å²) in [5, 5.41) is 14.5. The maximum atomic E-state index is 10.4. The molecule has 2 heterocycles. The normalized spacial score (nSPS) is 10.7. The van der Waals surface area contributed by atoms with Crippen LogP contribution in [0.1, 0.15) is 5.69 Å². The molecule has 0 radical (unpaired) electrons. The Balaban J connectivity index is 2.73. The molecule has 2 rings (SSSR count). The molecular weight excluding hydrogens is 252 g/mol. The van der Waals surface area contributed by atoms with Gasteiger partial charge in [-0.05, 0) is 22.9 Å². The van der Waals surface area contributed by atoms with Gasteiger partial charge in [-0.3, -0.25) is 10.1 Å². The molecule has 0 aliphatic carbocycles. The molecule has 0 aliphatic rings. The average molecular weight is 257 g/mol. The van der Waals surface area contributed by atoms with Gasteiger partial charge in [-0.15, -0.1) is 0 Å². The van der Waals surface area contributed by atoms with Crippen molar-refractivity contribution in [2.24, 2.45) is 0 Å². The van der Waals surface area contributed by atoms with Crippen molar-refractivity contribution < 1.29 is 4.92 Å². The molecular formula is C7H5BrN4O2. The zero-order chi connectivity index (χ0) is 10.3. The maximum absolute atomic E-state index is 10.4. The summed E-state index contributed by atoms with van der Waals surface area (Å²) in [5.74, 6) is 0. The van der Waals surface area contributed by atoms with Crippen LogP contribution in [0.5, 0.6) is 0 Å². The fraction of sp³-hybridized carbons (Fsp3) is 0.143. The summed E-state index contributed by atoms with van der Waals surface area (Å²) in [7, 11) is 0. The van der Waals surface area contributed by atoms with E-state index in [1.54, 1.807) is 6.92 Å². The van der Waals surface area contributed by atoms with E-state index in [1.807, 2.05) is 0 Å². The highest BCUT2D eigenvalue weighted by molar-refractivity contribution is 9.10. The van der Waals surface area contributed by atoms with E-state index in [9.17, 15) is 10.1 Å². The van der Waals surface area contributed by atoms with E-state index in [4.69, 9.17) is 0 Å². The minimum Gasteiger partial charge on any atom is -0.258 e. The van der Waals surface area contributed by atoms with Gasteiger partial charge in [0, 0.05) is 0 Å². The quantitative estimate of drug-likeness (QED) is 0.575. The van der Waals surface area contributed by atoms with E-state index in [2.05, 4.69) is 26.0 Å². The Labute approximate surface area is 86.8 Å². The number of aryl methyl sites for hydroxylation is 1. The van der Waals surface area contributed by atoms with Gasteiger partial charge in [-0.2, -0.15) is 5.10 Å². The SMILES string of the molecule is Cc1nn2cc([N+](=O)[O-])cnc2c1Br. The number of nitrogens with zero attached hydrogens (tertiary/aromatic N) is 4. The Hall–Kier alpha value is -1.50. The topological polar surface area (TPSA) is 73.3 Å². The summed E-state index contributed by atoms with van der Waals surface area (Å²) >= 11 is 3.30. The average Bonchev–Trinajstić information content (AvgIpc) is 2.42. The van der Waals surface area contributed by atoms with Gasteiger partial charge in [0.15, 0.2) is 5.65 Å². The first-order valence-electron chi connectivity index (χ1n) is 3.74. The second-order valence-corrected chi connectivity index (χ2v) is 3.53. The van der Waals surface area contributed by atoms with E-state index < -0.39 is 4.92 Å². The molecule has 0 spiro atoms. The van der Waals surface area contributed by atoms with Crippen molar-refractivity contribution in [1.82, 2.24) is 14.6 Å². The third-order valence-corrected chi connectivity index (χ3v) is 2.70. The molecule has 6 nitrogen and oxygen atoms in total. The summed E-state index contributed by atoms with van der Waals surface area (Å²) in [6.45, 7) is 1.80. The minimum atomic E-state index is -0.503. The Bertz CT molecular complexity index is 522. The monoisotopic (exact) mass is 256 g/mol. The second kappa shape index (κ2) is 3.02. The first-order chi connectivity index (χ1) is 6.59. The predicted molar refractivity (Wildman–Crippen MR) is 52.1 cm³/mol. The van der Waals surface area contributed by atoms with Crippen LogP contribution in [-0.2, 0) is 0 Å². The lowest BCUT2D eigenvalue weighted by Crippen LogP contribution is -1.95. The molecule has 72 valence electrons. The Kier molecular flexibility index (Phi) is 1.95. The molecule has 0 bridgehead atoms. The summed E-state index contributed by atoms with van der Waals surface area (Å²) < 4.78 is 2.14. The van der Waals surface area contributed by atoms with Gasteiger partial charge >= 0.3 is 5.69 Å². The Morgan fingerprint density at radius 3 is 3.00 bits per heavy atom. The molecule has 0 saturated carbocycles. The number of halogens is 1. The van der Waals surface area contributed by atoms with E-state index in [-0.39, 0.29) is 5.69 Å². The second-order valence-electron chi connectivity index (χ2n) is 2.74. The zero-order valence-electron chi connectivity index (χ0n) is 7.14. The molecule has 0 N–H and O–H groups in total. The van der Waals surface area contributed by atoms with Gasteiger partial charge in [0.25, 0.3) is 0 Å². The van der Waals surface area contributed by atoms with Gasteiger partial charge < -0.3 is 0 Å². The van der Waals surface area contributed by atoms with Crippen LogP contribution in [0, 0.1) is 17.0 Å². The largest absolute Gasteiger partial charge is 0.305 e. The van der Waals surface area contributed by atoms with Gasteiger partial charge in [0.1, 0.15) is 12.4 Å². The fourth-order valence-corrected chi connectivity index (χ4v) is 1.46. The summed E-state index contributed by atoms with van der Waals surface area (Å²) in [4.78, 5) is 13.9. The van der Waals surface area contributed by atoms with Crippen molar-refractivity contribution in [2.75, 3.05) is 0 Å². The van der Waals surface area contributed by atoms with Crippen LogP contribution in [0.4, 0.5) is 5.69 Å². The first kappa shape index (κ1) is 9.07. The highest BCUT2D eigenvalue weighted by Crippen LogP contribution is 2.21. The number of nitro groups is 1. The molecule has 0 aliphatic heterocycles. The number of hydrogen-bond acceptors (Lipinski definition) is 4. The standard InChI is InChI=1S/C7H5BrN4O2/c1-4-6(8)7-9-2-5(12(13)14)3-11(7)10-4/h2-3H,1H3. The van der Waals surface area contributed by atoms with Crippen LogP contribution >= 0.6 is 15.9 Å². The summed E-state index contributed by atoms with van der Waals surface area (Å²) in [6, 6.07) is 0. The fourth-order valence-electron chi connectivity index (χ4n) is 1.10. The van der Waals surface area contributed by atoms with E-state index in [0.717, 1.165) is 10.2 Å². The molecule has 0 aromatic carbocycles. The van der Waals surface area contributed by atoms with E-state index in [0.29, 0.717) is 5.65 Å². The van der Waals surface area contributed by atoms with Crippen molar-refractivity contribution in [3.8, 4) is 0 Å². The van der Waals surface area contributed by atoms with E-state index >= 15 is 0 Å². The van der Waals surface area contributed by atoms with Crippen LogP contribution in [0.3, 0.4) is 0 Å². The summed E-state index contributed by atoms with van der Waals surface area (Å²) in [5.41, 5.74) is 1.25. The number of hydrogen-bond donors (Lipinski definition) is 0. The maximum Gasteiger partial charge on any atom is 0.305 e. The van der Waals surface area contributed by atoms with Crippen LogP contribution in [-0.4, -0.2) is 19.5 Å². The third kappa shape index (κ3) is 1.25. The molecule has 0 unspecified atom stereocenters. The first-order valence-corrected chi connectivity index (χ1v) is 4.54. The Morgan fingerprint density at radius 2 is 2.36 bits per heavy atom. The molecule has 0 atom stereocenters. The lowest BCUT2D eigenvalue weighted by molar-refractivity contribution is -0.385. The number of fused-ring (bicyclic) bond motifs is 1. The highest BCUT2D eigenvalue weighted by atomic mass is 79.9. The molecule has 14 heavy (non-hydrogen) atoms. The molecule has 2 aromatic rings. The van der Waals surface area contributed by atoms with Crippen molar-refractivity contribution in [2.45, 2.75) is 6.92 Å². The zero-order valence-corrected chi connectivity index (χ0v) is 8.72. The van der Waals surface area contributed by atoms with Crippen LogP contribution in [0.15, 0.2) is 16.9 Å². The van der Waals surface area contributed by atoms with Crippen molar-refractivity contribution >= 4 is 27.3 Å². The van der Waals surface area contributed by atoms with Crippen molar-refractivity contribution in [1.29, 1.82) is 0 Å². The van der Waals surface area contributed by atoms with Crippen LogP contribution < -0.4 is 0 Å². The number of rotatable bonds is 1. The minimum absolute atomic E-state index is 0.0764. The third-order valence-electron chi connectivity index (χ3n) is 1.77. The molecule has 0 amide bonds. The van der Waals surface area contributed by atoms with Crippen molar-refractivity contribution in [3.05, 3.63) is 32.7 Å². The van der Waals surface area contributed by atoms with Crippen LogP contribution in [0.2, 0.25) is 0 Å². The molecule has 7 heteroatoms. The smallest absolute Gasteiger partial charge is 0.258 e. The van der Waals surface area contributed by atoms with Crippen molar-refractivity contribution in [3.63, 3.8) is 0 Å². The predicted octanol–water partition coefficient (Wildman–Crippen LogP) is 1.71. The van der Waals surface area contributed by atoms with Gasteiger partial charge in [-0.25, -0.2) is 9.50 Å². The Morgan fingerprint density at radius 1 is 1.64 bits per heavy atom. The lowest BCUT2D eigenvalue weighted by Gasteiger charge is -1.92. The van der Waals surface area contributed by atoms with Gasteiger partial charge in [0.2, 0.25) is 0 Å².